The fourth-order valence-corrected chi connectivity index (χ4v) is 0. The first-order chi connectivity index (χ1) is 1.73. The van der Waals surface area contributed by atoms with Crippen LogP contribution in [0.5, 0.6) is 0 Å². The Balaban J connectivity index is -0.00000000300. The van der Waals surface area contributed by atoms with E-state index in [1.54, 1.807) is 0 Å². The van der Waals surface area contributed by atoms with Crippen LogP contribution in [-0.2, 0) is 0 Å². The van der Waals surface area contributed by atoms with Gasteiger partial charge in [0.25, 0.3) is 0 Å². The Kier molecular flexibility index (Phi) is 27.1. The summed E-state index contributed by atoms with van der Waals surface area (Å²) in [6, 6.07) is 0. The molecule has 0 aromatic heterocycles. The summed E-state index contributed by atoms with van der Waals surface area (Å²) in [5.41, 5.74) is 0. The van der Waals surface area contributed by atoms with E-state index in [1.807, 2.05) is 0 Å². The van der Waals surface area contributed by atoms with Crippen molar-refractivity contribution in [1.29, 1.82) is 0 Å². The van der Waals surface area contributed by atoms with E-state index in [2.05, 4.69) is 0 Å². The first-order valence-electron chi connectivity index (χ1n) is 0.651. The second-order valence-electron chi connectivity index (χ2n) is 0.283. The van der Waals surface area contributed by atoms with Crippen molar-refractivity contribution in [3.63, 3.8) is 0 Å². The van der Waals surface area contributed by atoms with E-state index in [-0.39, 0.29) is 100 Å². The van der Waals surface area contributed by atoms with E-state index in [1.165, 1.54) is 0 Å². The standard InChI is InChI=1S/CH2O3.Ba.Sr.4H/c2-1(3)4;;;;;;/h(H2,2,3,4);;;;;;/q;2*+2;4*-1. The van der Waals surface area contributed by atoms with Gasteiger partial charge < -0.3 is 15.9 Å². The van der Waals surface area contributed by atoms with Gasteiger partial charge in [-0.15, -0.1) is 0 Å². The molecule has 0 aliphatic rings. The predicted molar refractivity (Wildman–Crippen MR) is 26.6 cm³/mol. The Bertz CT molecular complexity index is 43.5. The van der Waals surface area contributed by atoms with Crippen molar-refractivity contribution in [2.24, 2.45) is 0 Å². The van der Waals surface area contributed by atoms with E-state index in [9.17, 15) is 0 Å². The molecule has 0 atom stereocenters. The van der Waals surface area contributed by atoms with Crippen molar-refractivity contribution < 1.29 is 20.7 Å². The third kappa shape index (κ3) is 33.2. The van der Waals surface area contributed by atoms with Gasteiger partial charge in [0.1, 0.15) is 0 Å². The summed E-state index contributed by atoms with van der Waals surface area (Å²) in [7, 11) is 0. The molecule has 5 heteroatoms. The molecule has 2 N–H and O–H groups in total. The molecule has 32 valence electrons. The molecule has 0 bridgehead atoms. The molecule has 0 aromatic rings. The van der Waals surface area contributed by atoms with Crippen LogP contribution in [0.15, 0.2) is 0 Å². The zero-order chi connectivity index (χ0) is 3.58. The van der Waals surface area contributed by atoms with Gasteiger partial charge in [-0.25, -0.2) is 4.79 Å². The molecule has 0 saturated carbocycles. The second-order valence-corrected chi connectivity index (χ2v) is 0.283. The van der Waals surface area contributed by atoms with Gasteiger partial charge >= 0.3 is 101 Å². The van der Waals surface area contributed by atoms with Crippen LogP contribution < -0.4 is 0 Å². The largest absolute Gasteiger partial charge is 2.00 e. The summed E-state index contributed by atoms with van der Waals surface area (Å²) in [6.45, 7) is 0. The number of carboxylic acid groups (broad SMARTS) is 2. The first-order valence-corrected chi connectivity index (χ1v) is 0.651. The SMILES string of the molecule is O=C(O)O.[Ba+2].[H-].[H-].[H-].[H-].[Sr+2]. The molecule has 0 unspecified atom stereocenters. The van der Waals surface area contributed by atoms with Crippen LogP contribution in [-0.4, -0.2) is 111 Å². The van der Waals surface area contributed by atoms with Crippen LogP contribution in [0.3, 0.4) is 0 Å². The summed E-state index contributed by atoms with van der Waals surface area (Å²) < 4.78 is 0. The van der Waals surface area contributed by atoms with E-state index in [0.29, 0.717) is 0 Å². The summed E-state index contributed by atoms with van der Waals surface area (Å²) in [6.07, 6.45) is -1.83. The molecule has 6 heavy (non-hydrogen) atoms. The van der Waals surface area contributed by atoms with Crippen molar-refractivity contribution in [2.45, 2.75) is 0 Å². The van der Waals surface area contributed by atoms with Gasteiger partial charge in [0.15, 0.2) is 0 Å². The van der Waals surface area contributed by atoms with E-state index >= 15 is 0 Å². The average molecular weight is 291 g/mol. The molecule has 0 heterocycles. The van der Waals surface area contributed by atoms with Crippen LogP contribution in [0.4, 0.5) is 4.79 Å². The minimum atomic E-state index is -1.83. The molecule has 0 fully saturated rings. The fourth-order valence-electron chi connectivity index (χ4n) is 0. The fraction of sp³-hybridized carbons (Fsp3) is 0. The molecule has 0 aromatic carbocycles. The molecule has 0 rings (SSSR count). The summed E-state index contributed by atoms with van der Waals surface area (Å²) in [5, 5.41) is 13.9. The van der Waals surface area contributed by atoms with Crippen molar-refractivity contribution in [2.75, 3.05) is 0 Å². The zero-order valence-corrected chi connectivity index (χ0v) is 11.1. The molecule has 0 spiro atoms. The number of rotatable bonds is 0. The van der Waals surface area contributed by atoms with Crippen molar-refractivity contribution in [3.8, 4) is 0 Å². The summed E-state index contributed by atoms with van der Waals surface area (Å²) >= 11 is 0. The topological polar surface area (TPSA) is 57.5 Å². The first kappa shape index (κ1) is 15.8. The molecular weight excluding hydrogens is 285 g/mol. The molecule has 0 radical (unpaired) electrons. The average Bonchev–Trinajstić information content (AvgIpc) is 0.811. The molecule has 3 nitrogen and oxygen atoms in total. The van der Waals surface area contributed by atoms with E-state index in [4.69, 9.17) is 15.0 Å². The van der Waals surface area contributed by atoms with E-state index in [0.717, 1.165) is 0 Å². The predicted octanol–water partition coefficient (Wildman–Crippen LogP) is -0.0892. The summed E-state index contributed by atoms with van der Waals surface area (Å²) in [4.78, 5) is 8.56. The quantitative estimate of drug-likeness (QED) is 0.613. The maximum atomic E-state index is 8.56. The van der Waals surface area contributed by atoms with Crippen LogP contribution >= 0.6 is 0 Å². The third-order valence-corrected chi connectivity index (χ3v) is 0. The van der Waals surface area contributed by atoms with Gasteiger partial charge in [-0.1, -0.05) is 0 Å². The smallest absolute Gasteiger partial charge is 1.00 e. The van der Waals surface area contributed by atoms with Gasteiger partial charge in [0, 0.05) is 0 Å². The van der Waals surface area contributed by atoms with Gasteiger partial charge in [-0.05, 0) is 0 Å². The Morgan fingerprint density at radius 3 is 1.50 bits per heavy atom. The Morgan fingerprint density at radius 1 is 1.50 bits per heavy atom. The van der Waals surface area contributed by atoms with Gasteiger partial charge in [-0.2, -0.15) is 0 Å². The third-order valence-electron chi connectivity index (χ3n) is 0. The van der Waals surface area contributed by atoms with Crippen LogP contribution in [0.25, 0.3) is 0 Å². The minimum absolute atomic E-state index is 0. The molecule has 0 saturated heterocycles. The van der Waals surface area contributed by atoms with Crippen molar-refractivity contribution in [3.05, 3.63) is 0 Å². The maximum Gasteiger partial charge on any atom is 2.00 e. The van der Waals surface area contributed by atoms with E-state index < -0.39 is 6.16 Å². The second kappa shape index (κ2) is 10.3. The normalized spacial score (nSPS) is 4.00. The number of hydrogen-bond acceptors (Lipinski definition) is 1. The monoisotopic (exact) mass is 292 g/mol. The van der Waals surface area contributed by atoms with Crippen LogP contribution in [0.1, 0.15) is 5.71 Å². The molecular formula is CH6BaO3Sr. The molecule has 0 aliphatic carbocycles. The maximum absolute atomic E-state index is 8.56. The Morgan fingerprint density at radius 2 is 1.50 bits per heavy atom. The minimum Gasteiger partial charge on any atom is -1.00 e. The van der Waals surface area contributed by atoms with Gasteiger partial charge in [0.2, 0.25) is 0 Å². The van der Waals surface area contributed by atoms with Crippen molar-refractivity contribution in [1.82, 2.24) is 0 Å². The van der Waals surface area contributed by atoms with Gasteiger partial charge in [0.05, 0.1) is 0 Å². The Hall–Kier alpha value is 2.32. The number of carbonyl (C=O) groups is 1. The number of hydrogen-bond donors (Lipinski definition) is 2. The van der Waals surface area contributed by atoms with Crippen LogP contribution in [0, 0.1) is 0 Å². The molecule has 0 aliphatic heterocycles. The van der Waals surface area contributed by atoms with Gasteiger partial charge in [-0.3, -0.25) is 0 Å². The summed E-state index contributed by atoms with van der Waals surface area (Å²) in [5.74, 6) is 0. The Labute approximate surface area is 118 Å². The molecule has 0 amide bonds. The van der Waals surface area contributed by atoms with Crippen molar-refractivity contribution >= 4 is 101 Å². The zero-order valence-electron chi connectivity index (χ0n) is 7.22. The van der Waals surface area contributed by atoms with Crippen LogP contribution in [0.2, 0.25) is 0 Å².